The molecule has 0 radical (unpaired) electrons. The smallest absolute Gasteiger partial charge is 0.223 e. The first kappa shape index (κ1) is 11.7. The van der Waals surface area contributed by atoms with E-state index in [1.807, 2.05) is 18.2 Å². The van der Waals surface area contributed by atoms with Gasteiger partial charge in [-0.15, -0.1) is 0 Å². The van der Waals surface area contributed by atoms with Gasteiger partial charge in [0.05, 0.1) is 0 Å². The minimum atomic E-state index is 0.276. The van der Waals surface area contributed by atoms with Crippen LogP contribution in [0, 0.1) is 17.8 Å². The van der Waals surface area contributed by atoms with Crippen LogP contribution in [0.15, 0.2) is 24.4 Å². The van der Waals surface area contributed by atoms with E-state index in [9.17, 15) is 4.79 Å². The Bertz CT molecular complexity index is 418. The molecule has 2 bridgehead atoms. The zero-order valence-corrected chi connectivity index (χ0v) is 10.6. The van der Waals surface area contributed by atoms with Crippen LogP contribution in [0.1, 0.15) is 31.4 Å². The van der Waals surface area contributed by atoms with E-state index in [0.717, 1.165) is 24.5 Å². The summed E-state index contributed by atoms with van der Waals surface area (Å²) < 4.78 is 0. The van der Waals surface area contributed by atoms with E-state index in [2.05, 4.69) is 10.3 Å². The number of hydrogen-bond donors (Lipinski definition) is 1. The van der Waals surface area contributed by atoms with Crippen molar-refractivity contribution in [1.82, 2.24) is 10.3 Å². The molecule has 3 rings (SSSR count). The fourth-order valence-electron chi connectivity index (χ4n) is 3.56. The second-order valence-electron chi connectivity index (χ2n) is 5.64. The van der Waals surface area contributed by atoms with E-state index in [0.29, 0.717) is 18.4 Å². The van der Waals surface area contributed by atoms with Crippen LogP contribution < -0.4 is 5.32 Å². The van der Waals surface area contributed by atoms with Crippen LogP contribution >= 0.6 is 0 Å². The maximum atomic E-state index is 12.1. The van der Waals surface area contributed by atoms with Gasteiger partial charge in [0.1, 0.15) is 0 Å². The predicted octanol–water partition coefficient (Wildman–Crippen LogP) is 2.18. The summed E-state index contributed by atoms with van der Waals surface area (Å²) in [5.41, 5.74) is 1.05. The van der Waals surface area contributed by atoms with E-state index >= 15 is 0 Å². The second kappa shape index (κ2) is 5.09. The Morgan fingerprint density at radius 1 is 1.33 bits per heavy atom. The molecule has 0 aromatic carbocycles. The number of rotatable bonds is 4. The first-order valence-electron chi connectivity index (χ1n) is 7.00. The average molecular weight is 244 g/mol. The number of nitrogens with one attached hydrogen (secondary N) is 1. The van der Waals surface area contributed by atoms with Crippen molar-refractivity contribution in [3.8, 4) is 0 Å². The molecule has 0 aliphatic heterocycles. The van der Waals surface area contributed by atoms with Gasteiger partial charge in [0, 0.05) is 30.8 Å². The molecule has 2 aliphatic rings. The normalized spacial score (nSPS) is 29.4. The highest BCUT2D eigenvalue weighted by atomic mass is 16.1. The lowest BCUT2D eigenvalue weighted by Gasteiger charge is -2.20. The van der Waals surface area contributed by atoms with Crippen molar-refractivity contribution in [3.63, 3.8) is 0 Å². The fourth-order valence-corrected chi connectivity index (χ4v) is 3.56. The van der Waals surface area contributed by atoms with Crippen LogP contribution in [0.2, 0.25) is 0 Å². The number of carbonyl (C=O) groups excluding carboxylic acids is 1. The third-order valence-electron chi connectivity index (χ3n) is 4.48. The van der Waals surface area contributed by atoms with Crippen molar-refractivity contribution in [3.05, 3.63) is 30.1 Å². The van der Waals surface area contributed by atoms with Crippen LogP contribution in [0.3, 0.4) is 0 Å². The standard InChI is InChI=1S/C15H20N2O/c18-15(14-10-11-4-5-12(14)9-11)17-8-6-13-3-1-2-7-16-13/h1-3,7,11-12,14H,4-6,8-10H2,(H,17,18). The Kier molecular flexibility index (Phi) is 3.31. The Hall–Kier alpha value is -1.38. The molecule has 3 unspecified atom stereocenters. The zero-order valence-electron chi connectivity index (χ0n) is 10.6. The number of pyridine rings is 1. The van der Waals surface area contributed by atoms with E-state index in [1.165, 1.54) is 19.3 Å². The van der Waals surface area contributed by atoms with Gasteiger partial charge in [0.15, 0.2) is 0 Å². The molecule has 0 spiro atoms. The number of fused-ring (bicyclic) bond motifs is 2. The van der Waals surface area contributed by atoms with Gasteiger partial charge in [-0.3, -0.25) is 9.78 Å². The first-order chi connectivity index (χ1) is 8.83. The molecule has 1 amide bonds. The monoisotopic (exact) mass is 244 g/mol. The van der Waals surface area contributed by atoms with Gasteiger partial charge in [-0.2, -0.15) is 0 Å². The predicted molar refractivity (Wildman–Crippen MR) is 69.9 cm³/mol. The van der Waals surface area contributed by atoms with Crippen molar-refractivity contribution < 1.29 is 4.79 Å². The summed E-state index contributed by atoms with van der Waals surface area (Å²) in [7, 11) is 0. The number of carbonyl (C=O) groups is 1. The van der Waals surface area contributed by atoms with Crippen LogP contribution in [-0.4, -0.2) is 17.4 Å². The SMILES string of the molecule is O=C(NCCc1ccccn1)C1CC2CCC1C2. The molecular weight excluding hydrogens is 224 g/mol. The van der Waals surface area contributed by atoms with E-state index in [4.69, 9.17) is 0 Å². The Morgan fingerprint density at radius 3 is 2.94 bits per heavy atom. The number of amides is 1. The van der Waals surface area contributed by atoms with E-state index < -0.39 is 0 Å². The van der Waals surface area contributed by atoms with Gasteiger partial charge in [0.25, 0.3) is 0 Å². The third-order valence-corrected chi connectivity index (χ3v) is 4.48. The summed E-state index contributed by atoms with van der Waals surface area (Å²) >= 11 is 0. The van der Waals surface area contributed by atoms with Gasteiger partial charge in [-0.05, 0) is 43.2 Å². The lowest BCUT2D eigenvalue weighted by Crippen LogP contribution is -2.34. The number of aromatic nitrogens is 1. The molecule has 3 heteroatoms. The van der Waals surface area contributed by atoms with Crippen molar-refractivity contribution in [2.45, 2.75) is 32.1 Å². The highest BCUT2D eigenvalue weighted by Crippen LogP contribution is 2.48. The van der Waals surface area contributed by atoms with E-state index in [1.54, 1.807) is 6.20 Å². The van der Waals surface area contributed by atoms with Gasteiger partial charge >= 0.3 is 0 Å². The minimum absolute atomic E-state index is 0.276. The second-order valence-corrected chi connectivity index (χ2v) is 5.64. The average Bonchev–Trinajstić information content (AvgIpc) is 3.02. The van der Waals surface area contributed by atoms with Gasteiger partial charge in [-0.25, -0.2) is 0 Å². The molecule has 0 saturated heterocycles. The van der Waals surface area contributed by atoms with Gasteiger partial charge in [0.2, 0.25) is 5.91 Å². The molecule has 96 valence electrons. The quantitative estimate of drug-likeness (QED) is 0.882. The van der Waals surface area contributed by atoms with Crippen LogP contribution in [-0.2, 0) is 11.2 Å². The molecule has 3 atom stereocenters. The molecule has 1 heterocycles. The topological polar surface area (TPSA) is 42.0 Å². The van der Waals surface area contributed by atoms with Crippen molar-refractivity contribution in [2.24, 2.45) is 17.8 Å². The van der Waals surface area contributed by atoms with E-state index in [-0.39, 0.29) is 5.91 Å². The molecular formula is C15H20N2O. The van der Waals surface area contributed by atoms with Crippen molar-refractivity contribution in [2.75, 3.05) is 6.54 Å². The number of nitrogens with zero attached hydrogens (tertiary/aromatic N) is 1. The molecule has 18 heavy (non-hydrogen) atoms. The van der Waals surface area contributed by atoms with Crippen LogP contribution in [0.25, 0.3) is 0 Å². The lowest BCUT2D eigenvalue weighted by atomic mass is 9.88. The Balaban J connectivity index is 1.45. The lowest BCUT2D eigenvalue weighted by molar-refractivity contribution is -0.126. The van der Waals surface area contributed by atoms with Crippen molar-refractivity contribution >= 4 is 5.91 Å². The summed E-state index contributed by atoms with van der Waals surface area (Å²) in [5, 5.41) is 3.08. The summed E-state index contributed by atoms with van der Waals surface area (Å²) in [6.07, 6.45) is 7.66. The number of hydrogen-bond acceptors (Lipinski definition) is 2. The molecule has 1 aromatic rings. The van der Waals surface area contributed by atoms with Crippen molar-refractivity contribution in [1.29, 1.82) is 0 Å². The summed E-state index contributed by atoms with van der Waals surface area (Å²) in [4.78, 5) is 16.4. The molecule has 2 saturated carbocycles. The van der Waals surface area contributed by atoms with Crippen LogP contribution in [0.4, 0.5) is 0 Å². The molecule has 1 aromatic heterocycles. The molecule has 2 aliphatic carbocycles. The van der Waals surface area contributed by atoms with Gasteiger partial charge in [-0.1, -0.05) is 12.5 Å². The Morgan fingerprint density at radius 2 is 2.28 bits per heavy atom. The molecule has 1 N–H and O–H groups in total. The summed E-state index contributed by atoms with van der Waals surface area (Å²) in [5.74, 6) is 2.08. The zero-order chi connectivity index (χ0) is 12.4. The fraction of sp³-hybridized carbons (Fsp3) is 0.600. The van der Waals surface area contributed by atoms with Crippen LogP contribution in [0.5, 0.6) is 0 Å². The summed E-state index contributed by atoms with van der Waals surface area (Å²) in [6.45, 7) is 0.712. The molecule has 3 nitrogen and oxygen atoms in total. The highest BCUT2D eigenvalue weighted by Gasteiger charge is 2.42. The first-order valence-corrected chi connectivity index (χ1v) is 7.00. The maximum Gasteiger partial charge on any atom is 0.223 e. The third kappa shape index (κ3) is 2.40. The minimum Gasteiger partial charge on any atom is -0.355 e. The maximum absolute atomic E-state index is 12.1. The largest absolute Gasteiger partial charge is 0.355 e. The van der Waals surface area contributed by atoms with Gasteiger partial charge < -0.3 is 5.32 Å². The Labute approximate surface area is 108 Å². The summed E-state index contributed by atoms with van der Waals surface area (Å²) in [6, 6.07) is 5.90. The highest BCUT2D eigenvalue weighted by molar-refractivity contribution is 5.79. The molecule has 2 fully saturated rings.